The molecule has 3 nitrogen and oxygen atoms in total. The topological polar surface area (TPSA) is 67.8 Å². The fourth-order valence-electron chi connectivity index (χ4n) is 2.07. The Hall–Kier alpha value is -1.84. The summed E-state index contributed by atoms with van der Waals surface area (Å²) in [5.41, 5.74) is 16.5. The molecule has 0 aliphatic heterocycles. The minimum Gasteiger partial charge on any atom is -0.398 e. The summed E-state index contributed by atoms with van der Waals surface area (Å²) in [6.45, 7) is 0. The molecular weight excluding hydrogens is 281 g/mol. The molecule has 100 valence electrons. The largest absolute Gasteiger partial charge is 0.398 e. The van der Waals surface area contributed by atoms with Gasteiger partial charge in [0.15, 0.2) is 0 Å². The van der Waals surface area contributed by atoms with Crippen molar-refractivity contribution in [1.82, 2.24) is 4.98 Å². The first-order valence-corrected chi connectivity index (χ1v) is 5.48. The number of aromatic nitrogens is 1. The fourth-order valence-corrected chi connectivity index (χ4v) is 2.07. The van der Waals surface area contributed by atoms with E-state index in [0.717, 1.165) is 33.5 Å². The van der Waals surface area contributed by atoms with Crippen LogP contribution in [0, 0.1) is 0 Å². The molecule has 0 bridgehead atoms. The summed E-state index contributed by atoms with van der Waals surface area (Å²) in [6, 6.07) is 15.7. The molecule has 2 aromatic carbocycles. The highest BCUT2D eigenvalue weighted by molar-refractivity contribution is 5.95. The Kier molecular flexibility index (Phi) is 4.70. The molecule has 0 spiro atoms. The first-order valence-electron chi connectivity index (χ1n) is 5.48. The Balaban J connectivity index is 0.000000902. The predicted octanol–water partition coefficient (Wildman–Crippen LogP) is 3.84. The van der Waals surface area contributed by atoms with E-state index in [1.54, 1.807) is 0 Å². The number of nitrogens with one attached hydrogen (secondary N) is 1. The molecule has 5 heteroatoms. The summed E-state index contributed by atoms with van der Waals surface area (Å²) in [6.07, 6.45) is 0. The van der Waals surface area contributed by atoms with E-state index in [4.69, 9.17) is 11.5 Å². The number of hydrogen-bond donors (Lipinski definition) is 3. The Labute approximate surface area is 123 Å². The predicted molar refractivity (Wildman–Crippen MR) is 87.1 cm³/mol. The van der Waals surface area contributed by atoms with Crippen molar-refractivity contribution >= 4 is 47.1 Å². The van der Waals surface area contributed by atoms with Crippen LogP contribution in [0.2, 0.25) is 0 Å². The van der Waals surface area contributed by atoms with Gasteiger partial charge in [-0.25, -0.2) is 0 Å². The number of halogens is 2. The van der Waals surface area contributed by atoms with Gasteiger partial charge in [0.2, 0.25) is 0 Å². The standard InChI is InChI=1S/C14H13N3.2ClH/c15-11-5-2-1-4-9(11)14-8-10-12(16)6-3-7-13(10)17-14;;/h1-8,17H,15-16H2;2*1H. The highest BCUT2D eigenvalue weighted by atomic mass is 35.5. The molecule has 0 fully saturated rings. The fraction of sp³-hybridized carbons (Fsp3) is 0. The summed E-state index contributed by atoms with van der Waals surface area (Å²) in [5, 5.41) is 1.03. The Bertz CT molecular complexity index is 692. The van der Waals surface area contributed by atoms with E-state index in [9.17, 15) is 0 Å². The lowest BCUT2D eigenvalue weighted by atomic mass is 10.1. The number of para-hydroxylation sites is 1. The number of H-pyrrole nitrogens is 1. The van der Waals surface area contributed by atoms with Gasteiger partial charge in [0.25, 0.3) is 0 Å². The van der Waals surface area contributed by atoms with Crippen molar-refractivity contribution in [2.75, 3.05) is 11.5 Å². The molecule has 1 aromatic heterocycles. The van der Waals surface area contributed by atoms with Crippen LogP contribution in [0.1, 0.15) is 0 Å². The van der Waals surface area contributed by atoms with Crippen LogP contribution in [0.4, 0.5) is 11.4 Å². The zero-order valence-corrected chi connectivity index (χ0v) is 11.7. The number of rotatable bonds is 1. The lowest BCUT2D eigenvalue weighted by molar-refractivity contribution is 1.45. The van der Waals surface area contributed by atoms with Crippen LogP contribution in [0.25, 0.3) is 22.2 Å². The van der Waals surface area contributed by atoms with E-state index in [2.05, 4.69) is 4.98 Å². The van der Waals surface area contributed by atoms with E-state index in [1.807, 2.05) is 48.5 Å². The number of fused-ring (bicyclic) bond motifs is 1. The van der Waals surface area contributed by atoms with Crippen LogP contribution >= 0.6 is 24.8 Å². The van der Waals surface area contributed by atoms with Gasteiger partial charge >= 0.3 is 0 Å². The first-order chi connectivity index (χ1) is 8.25. The molecule has 0 atom stereocenters. The molecule has 0 aliphatic rings. The first kappa shape index (κ1) is 15.2. The van der Waals surface area contributed by atoms with Crippen LogP contribution in [0.15, 0.2) is 48.5 Å². The molecule has 3 rings (SSSR count). The summed E-state index contributed by atoms with van der Waals surface area (Å²) in [4.78, 5) is 3.33. The van der Waals surface area contributed by atoms with Crippen LogP contribution in [0.3, 0.4) is 0 Å². The third-order valence-corrected chi connectivity index (χ3v) is 2.95. The average molecular weight is 296 g/mol. The van der Waals surface area contributed by atoms with Crippen molar-refractivity contribution in [3.8, 4) is 11.3 Å². The van der Waals surface area contributed by atoms with Crippen molar-refractivity contribution in [3.63, 3.8) is 0 Å². The van der Waals surface area contributed by atoms with Crippen molar-refractivity contribution in [3.05, 3.63) is 48.5 Å². The zero-order valence-electron chi connectivity index (χ0n) is 10.1. The summed E-state index contributed by atoms with van der Waals surface area (Å²) in [7, 11) is 0. The van der Waals surface area contributed by atoms with E-state index in [0.29, 0.717) is 0 Å². The van der Waals surface area contributed by atoms with Crippen molar-refractivity contribution in [2.45, 2.75) is 0 Å². The van der Waals surface area contributed by atoms with Crippen molar-refractivity contribution in [1.29, 1.82) is 0 Å². The minimum absolute atomic E-state index is 0. The molecule has 19 heavy (non-hydrogen) atoms. The smallest absolute Gasteiger partial charge is 0.0486 e. The molecule has 1 heterocycles. The van der Waals surface area contributed by atoms with Gasteiger partial charge in [-0.2, -0.15) is 0 Å². The van der Waals surface area contributed by atoms with Gasteiger partial charge in [0.1, 0.15) is 0 Å². The Morgan fingerprint density at radius 1 is 0.789 bits per heavy atom. The van der Waals surface area contributed by atoms with E-state index < -0.39 is 0 Å². The Morgan fingerprint density at radius 3 is 2.16 bits per heavy atom. The number of nitrogens with two attached hydrogens (primary N) is 2. The monoisotopic (exact) mass is 295 g/mol. The average Bonchev–Trinajstić information content (AvgIpc) is 2.75. The number of benzene rings is 2. The van der Waals surface area contributed by atoms with Crippen LogP contribution in [-0.2, 0) is 0 Å². The van der Waals surface area contributed by atoms with Gasteiger partial charge in [0.05, 0.1) is 0 Å². The molecule has 3 aromatic rings. The highest BCUT2D eigenvalue weighted by Gasteiger charge is 2.07. The molecule has 0 saturated heterocycles. The maximum Gasteiger partial charge on any atom is 0.0486 e. The van der Waals surface area contributed by atoms with Gasteiger partial charge in [-0.1, -0.05) is 24.3 Å². The molecule has 5 N–H and O–H groups in total. The van der Waals surface area contributed by atoms with Crippen molar-refractivity contribution in [2.24, 2.45) is 0 Å². The second kappa shape index (κ2) is 5.87. The Morgan fingerprint density at radius 2 is 1.47 bits per heavy atom. The van der Waals surface area contributed by atoms with Gasteiger partial charge in [-0.15, -0.1) is 24.8 Å². The lowest BCUT2D eigenvalue weighted by Crippen LogP contribution is -1.88. The number of anilines is 2. The van der Waals surface area contributed by atoms with E-state index >= 15 is 0 Å². The normalized spacial score (nSPS) is 9.68. The zero-order chi connectivity index (χ0) is 11.8. The quantitative estimate of drug-likeness (QED) is 0.597. The third-order valence-electron chi connectivity index (χ3n) is 2.95. The molecular formula is C14H15Cl2N3. The van der Waals surface area contributed by atoms with Gasteiger partial charge < -0.3 is 16.5 Å². The van der Waals surface area contributed by atoms with E-state index in [1.165, 1.54) is 0 Å². The molecule has 0 saturated carbocycles. The van der Waals surface area contributed by atoms with Crippen LogP contribution in [-0.4, -0.2) is 4.98 Å². The van der Waals surface area contributed by atoms with Gasteiger partial charge in [-0.05, 0) is 24.3 Å². The van der Waals surface area contributed by atoms with Crippen molar-refractivity contribution < 1.29 is 0 Å². The maximum atomic E-state index is 5.96. The van der Waals surface area contributed by atoms with E-state index in [-0.39, 0.29) is 24.8 Å². The SMILES string of the molecule is Cl.Cl.Nc1ccccc1-c1cc2c(N)cccc2[nH]1. The highest BCUT2D eigenvalue weighted by Crippen LogP contribution is 2.30. The lowest BCUT2D eigenvalue weighted by Gasteiger charge is -2.01. The van der Waals surface area contributed by atoms with Crippen LogP contribution in [0.5, 0.6) is 0 Å². The molecule has 0 unspecified atom stereocenters. The second-order valence-electron chi connectivity index (χ2n) is 4.08. The number of aromatic amines is 1. The van der Waals surface area contributed by atoms with Crippen LogP contribution < -0.4 is 11.5 Å². The molecule has 0 aliphatic carbocycles. The summed E-state index contributed by atoms with van der Waals surface area (Å²) < 4.78 is 0. The number of hydrogen-bond acceptors (Lipinski definition) is 2. The third kappa shape index (κ3) is 2.62. The minimum atomic E-state index is 0. The molecule has 0 radical (unpaired) electrons. The second-order valence-corrected chi connectivity index (χ2v) is 4.08. The maximum absolute atomic E-state index is 5.96. The summed E-state index contributed by atoms with van der Waals surface area (Å²) in [5.74, 6) is 0. The summed E-state index contributed by atoms with van der Waals surface area (Å²) >= 11 is 0. The molecule has 0 amide bonds. The number of nitrogen functional groups attached to an aromatic ring is 2. The van der Waals surface area contributed by atoms with Gasteiger partial charge in [0, 0.05) is 33.5 Å². The van der Waals surface area contributed by atoms with Gasteiger partial charge in [-0.3, -0.25) is 0 Å².